The fraction of sp³-hybridized carbons (Fsp3) is 0.667. The van der Waals surface area contributed by atoms with Crippen LogP contribution in [0.25, 0.3) is 0 Å². The molecule has 0 aliphatic heterocycles. The van der Waals surface area contributed by atoms with E-state index in [2.05, 4.69) is 9.98 Å². The van der Waals surface area contributed by atoms with Crippen LogP contribution in [0.15, 0.2) is 9.98 Å². The first-order valence-electron chi connectivity index (χ1n) is 6.00. The van der Waals surface area contributed by atoms with Crippen molar-refractivity contribution >= 4 is 24.1 Å². The van der Waals surface area contributed by atoms with E-state index in [1.807, 2.05) is 0 Å². The molecule has 0 heterocycles. The molecule has 0 bridgehead atoms. The minimum absolute atomic E-state index is 0.136. The Labute approximate surface area is 115 Å². The first-order chi connectivity index (χ1) is 9.52. The van der Waals surface area contributed by atoms with Crippen LogP contribution in [0.4, 0.5) is 0 Å². The number of nitrogens with zero attached hydrogens (tertiary/aromatic N) is 2. The summed E-state index contributed by atoms with van der Waals surface area (Å²) in [6.45, 7) is 3.11. The van der Waals surface area contributed by atoms with Crippen LogP contribution in [0, 0.1) is 0 Å². The highest BCUT2D eigenvalue weighted by Crippen LogP contribution is 1.98. The average molecular weight is 284 g/mol. The second-order valence-corrected chi connectivity index (χ2v) is 3.83. The van der Waals surface area contributed by atoms with Gasteiger partial charge in [-0.3, -0.25) is 0 Å². The van der Waals surface area contributed by atoms with E-state index >= 15 is 0 Å². The number of hydrogen-bond acceptors (Lipinski definition) is 8. The van der Waals surface area contributed by atoms with Crippen molar-refractivity contribution in [2.24, 2.45) is 9.98 Å². The van der Waals surface area contributed by atoms with Crippen molar-refractivity contribution in [2.75, 3.05) is 13.2 Å². The van der Waals surface area contributed by atoms with Crippen molar-refractivity contribution < 1.29 is 28.7 Å². The molecule has 0 aromatic rings. The van der Waals surface area contributed by atoms with Crippen LogP contribution < -0.4 is 0 Å². The van der Waals surface area contributed by atoms with Crippen LogP contribution in [-0.4, -0.2) is 49.4 Å². The number of carbonyl (C=O) groups is 2. The summed E-state index contributed by atoms with van der Waals surface area (Å²) in [5.74, 6) is -1.22. The molecule has 0 aliphatic rings. The maximum atomic E-state index is 11.2. The van der Waals surface area contributed by atoms with Gasteiger partial charge in [0.1, 0.15) is 0 Å². The van der Waals surface area contributed by atoms with Crippen molar-refractivity contribution in [2.45, 2.75) is 38.8 Å². The van der Waals surface area contributed by atoms with E-state index in [9.17, 15) is 19.2 Å². The Bertz CT molecular complexity index is 384. The van der Waals surface area contributed by atoms with Crippen LogP contribution in [0.5, 0.6) is 0 Å². The molecular formula is C12H16N2O6. The van der Waals surface area contributed by atoms with Crippen LogP contribution >= 0.6 is 0 Å². The monoisotopic (exact) mass is 284 g/mol. The molecule has 8 heteroatoms. The Hall–Kier alpha value is -2.30. The Morgan fingerprint density at radius 1 is 0.900 bits per heavy atom. The Morgan fingerprint density at radius 3 is 1.55 bits per heavy atom. The third-order valence-corrected chi connectivity index (χ3v) is 2.20. The van der Waals surface area contributed by atoms with Crippen LogP contribution in [0.3, 0.4) is 0 Å². The molecule has 0 amide bonds. The van der Waals surface area contributed by atoms with Crippen LogP contribution in [-0.2, 0) is 28.7 Å². The molecule has 0 rings (SSSR count). The highest BCUT2D eigenvalue weighted by atomic mass is 16.5. The summed E-state index contributed by atoms with van der Waals surface area (Å²) in [5, 5.41) is 0. The predicted octanol–water partition coefficient (Wildman–Crippen LogP) is 0.302. The maximum Gasteiger partial charge on any atom is 0.331 e. The summed E-state index contributed by atoms with van der Waals surface area (Å²) in [7, 11) is 0. The number of carbonyl (C=O) groups excluding carboxylic acids is 4. The van der Waals surface area contributed by atoms with E-state index in [1.54, 1.807) is 0 Å². The molecule has 20 heavy (non-hydrogen) atoms. The first kappa shape index (κ1) is 17.7. The maximum absolute atomic E-state index is 11.2. The van der Waals surface area contributed by atoms with Crippen LogP contribution in [0.1, 0.15) is 26.7 Å². The Kier molecular flexibility index (Phi) is 9.39. The molecule has 0 aromatic heterocycles. The van der Waals surface area contributed by atoms with Gasteiger partial charge in [0, 0.05) is 0 Å². The van der Waals surface area contributed by atoms with Gasteiger partial charge in [-0.05, 0) is 26.7 Å². The van der Waals surface area contributed by atoms with Crippen molar-refractivity contribution in [3.63, 3.8) is 0 Å². The molecule has 2 atom stereocenters. The largest absolute Gasteiger partial charge is 0.464 e. The standard InChI is InChI=1S/C12H16N2O6/c1-9(13-7-15)11(17)19-5-3-4-6-20-12(18)10(2)14-8-16/h9-10H,3-6H2,1-2H3. The third-order valence-electron chi connectivity index (χ3n) is 2.20. The molecule has 0 N–H and O–H groups in total. The highest BCUT2D eigenvalue weighted by Gasteiger charge is 2.13. The Morgan fingerprint density at radius 2 is 1.25 bits per heavy atom. The summed E-state index contributed by atoms with van der Waals surface area (Å²) >= 11 is 0. The summed E-state index contributed by atoms with van der Waals surface area (Å²) in [5.41, 5.74) is 0. The van der Waals surface area contributed by atoms with E-state index in [1.165, 1.54) is 26.0 Å². The SMILES string of the molecule is CC(N=C=O)C(=O)OCCCCOC(=O)C(C)N=C=O. The van der Waals surface area contributed by atoms with Crippen molar-refractivity contribution in [1.29, 1.82) is 0 Å². The normalized spacial score (nSPS) is 12.3. The zero-order valence-corrected chi connectivity index (χ0v) is 11.3. The molecule has 8 nitrogen and oxygen atoms in total. The second kappa shape index (κ2) is 10.6. The second-order valence-electron chi connectivity index (χ2n) is 3.83. The van der Waals surface area contributed by atoms with E-state index in [0.29, 0.717) is 12.8 Å². The average Bonchev–Trinajstić information content (AvgIpc) is 2.42. The molecule has 0 fully saturated rings. The van der Waals surface area contributed by atoms with Gasteiger partial charge in [-0.15, -0.1) is 0 Å². The Balaban J connectivity index is 3.68. The molecular weight excluding hydrogens is 268 g/mol. The minimum Gasteiger partial charge on any atom is -0.464 e. The van der Waals surface area contributed by atoms with E-state index < -0.39 is 24.0 Å². The van der Waals surface area contributed by atoms with Crippen molar-refractivity contribution in [3.05, 3.63) is 0 Å². The highest BCUT2D eigenvalue weighted by molar-refractivity contribution is 5.76. The lowest BCUT2D eigenvalue weighted by atomic mass is 10.3. The van der Waals surface area contributed by atoms with Gasteiger partial charge in [0.05, 0.1) is 13.2 Å². The molecule has 0 spiro atoms. The van der Waals surface area contributed by atoms with E-state index in [4.69, 9.17) is 9.47 Å². The van der Waals surface area contributed by atoms with Crippen molar-refractivity contribution in [1.82, 2.24) is 0 Å². The molecule has 110 valence electrons. The quantitative estimate of drug-likeness (QED) is 0.260. The van der Waals surface area contributed by atoms with Gasteiger partial charge in [-0.1, -0.05) is 0 Å². The molecule has 0 radical (unpaired) electrons. The van der Waals surface area contributed by atoms with Crippen molar-refractivity contribution in [3.8, 4) is 0 Å². The lowest BCUT2D eigenvalue weighted by Crippen LogP contribution is -2.20. The van der Waals surface area contributed by atoms with E-state index in [0.717, 1.165) is 0 Å². The number of rotatable bonds is 9. The lowest BCUT2D eigenvalue weighted by Gasteiger charge is -2.08. The molecule has 0 aliphatic carbocycles. The summed E-state index contributed by atoms with van der Waals surface area (Å²) in [6.07, 6.45) is 3.52. The number of hydrogen-bond donors (Lipinski definition) is 0. The van der Waals surface area contributed by atoms with Gasteiger partial charge in [-0.25, -0.2) is 19.2 Å². The molecule has 2 unspecified atom stereocenters. The number of esters is 2. The molecule has 0 saturated carbocycles. The lowest BCUT2D eigenvalue weighted by molar-refractivity contribution is -0.147. The van der Waals surface area contributed by atoms with Gasteiger partial charge in [0.15, 0.2) is 12.1 Å². The number of unbranched alkanes of at least 4 members (excludes halogenated alkanes) is 1. The van der Waals surface area contributed by atoms with E-state index in [-0.39, 0.29) is 13.2 Å². The fourth-order valence-corrected chi connectivity index (χ4v) is 1.05. The number of isocyanates is 2. The summed E-state index contributed by atoms with van der Waals surface area (Å²) in [6, 6.07) is -1.74. The summed E-state index contributed by atoms with van der Waals surface area (Å²) < 4.78 is 9.66. The fourth-order valence-electron chi connectivity index (χ4n) is 1.05. The summed E-state index contributed by atoms with van der Waals surface area (Å²) in [4.78, 5) is 48.7. The molecule has 0 aromatic carbocycles. The van der Waals surface area contributed by atoms with Crippen LogP contribution in [0.2, 0.25) is 0 Å². The minimum atomic E-state index is -0.868. The van der Waals surface area contributed by atoms with Gasteiger partial charge in [0.2, 0.25) is 12.2 Å². The number of aliphatic imine (C=N–C) groups is 2. The van der Waals surface area contributed by atoms with Gasteiger partial charge < -0.3 is 9.47 Å². The zero-order chi connectivity index (χ0) is 15.4. The topological polar surface area (TPSA) is 111 Å². The van der Waals surface area contributed by atoms with Gasteiger partial charge in [0.25, 0.3) is 0 Å². The third kappa shape index (κ3) is 7.92. The zero-order valence-electron chi connectivity index (χ0n) is 11.3. The first-order valence-corrected chi connectivity index (χ1v) is 6.00. The number of ether oxygens (including phenoxy) is 2. The smallest absolute Gasteiger partial charge is 0.331 e. The van der Waals surface area contributed by atoms with Gasteiger partial charge in [-0.2, -0.15) is 9.98 Å². The molecule has 0 saturated heterocycles. The predicted molar refractivity (Wildman–Crippen MR) is 66.3 cm³/mol. The van der Waals surface area contributed by atoms with Gasteiger partial charge >= 0.3 is 11.9 Å².